The van der Waals surface area contributed by atoms with Gasteiger partial charge in [-0.3, -0.25) is 4.98 Å². The fraction of sp³-hybridized carbons (Fsp3) is 0.100. The van der Waals surface area contributed by atoms with E-state index in [2.05, 4.69) is 10.3 Å². The Labute approximate surface area is 76.4 Å². The van der Waals surface area contributed by atoms with Crippen molar-refractivity contribution in [2.24, 2.45) is 0 Å². The molecule has 2 rings (SSSR count). The second-order valence-corrected chi connectivity index (χ2v) is 2.73. The molecule has 0 fully saturated rings. The van der Waals surface area contributed by atoms with E-state index in [1.165, 1.54) is 0 Å². The Morgan fingerprint density at radius 1 is 1.38 bits per heavy atom. The van der Waals surface area contributed by atoms with Gasteiger partial charge in [0.1, 0.15) is 0 Å². The van der Waals surface area contributed by atoms with Gasteiger partial charge in [-0.25, -0.2) is 0 Å². The topological polar surface area (TPSA) is 38.1 Å². The van der Waals surface area contributed by atoms with Crippen molar-refractivity contribution in [2.75, 3.05) is 5.32 Å². The van der Waals surface area contributed by atoms with E-state index < -0.39 is 0 Å². The minimum Gasteiger partial charge on any atom is -0.472 e. The standard InChI is InChI=1S/C10H10N2O/c1-2-10(7-11-4-1)12-6-9-3-5-13-8-9/h1-5,7-8,12H,6H2. The van der Waals surface area contributed by atoms with E-state index in [0.717, 1.165) is 17.8 Å². The Morgan fingerprint density at radius 2 is 2.38 bits per heavy atom. The molecule has 2 aromatic heterocycles. The molecule has 0 aromatic carbocycles. The predicted octanol–water partition coefficient (Wildman–Crippen LogP) is 2.29. The van der Waals surface area contributed by atoms with Crippen LogP contribution in [0.4, 0.5) is 5.69 Å². The number of furan rings is 1. The minimum atomic E-state index is 0.766. The Morgan fingerprint density at radius 3 is 3.08 bits per heavy atom. The lowest BCUT2D eigenvalue weighted by molar-refractivity contribution is 0.564. The molecule has 3 heteroatoms. The van der Waals surface area contributed by atoms with E-state index in [0.29, 0.717) is 0 Å². The summed E-state index contributed by atoms with van der Waals surface area (Å²) in [5.41, 5.74) is 2.15. The third-order valence-electron chi connectivity index (χ3n) is 1.74. The molecule has 0 bridgehead atoms. The summed E-state index contributed by atoms with van der Waals surface area (Å²) in [4.78, 5) is 4.00. The van der Waals surface area contributed by atoms with Crippen LogP contribution in [-0.4, -0.2) is 4.98 Å². The second kappa shape index (κ2) is 3.76. The second-order valence-electron chi connectivity index (χ2n) is 2.73. The molecule has 2 aromatic rings. The summed E-state index contributed by atoms with van der Waals surface area (Å²) < 4.78 is 4.95. The summed E-state index contributed by atoms with van der Waals surface area (Å²) in [5, 5.41) is 3.22. The lowest BCUT2D eigenvalue weighted by atomic mass is 10.3. The Kier molecular flexibility index (Phi) is 2.27. The third-order valence-corrected chi connectivity index (χ3v) is 1.74. The Hall–Kier alpha value is -1.77. The number of nitrogens with zero attached hydrogens (tertiary/aromatic N) is 1. The van der Waals surface area contributed by atoms with Gasteiger partial charge >= 0.3 is 0 Å². The zero-order chi connectivity index (χ0) is 8.93. The highest BCUT2D eigenvalue weighted by Gasteiger charge is 1.93. The summed E-state index contributed by atoms with van der Waals surface area (Å²) in [6.45, 7) is 0.766. The van der Waals surface area contributed by atoms with Gasteiger partial charge in [-0.2, -0.15) is 0 Å². The molecular formula is C10H10N2O. The van der Waals surface area contributed by atoms with Crippen LogP contribution in [-0.2, 0) is 6.54 Å². The van der Waals surface area contributed by atoms with Crippen molar-refractivity contribution in [1.82, 2.24) is 4.98 Å². The average Bonchev–Trinajstić information content (AvgIpc) is 2.69. The smallest absolute Gasteiger partial charge is 0.0952 e. The normalized spacial score (nSPS) is 9.85. The van der Waals surface area contributed by atoms with Crippen LogP contribution < -0.4 is 5.32 Å². The molecule has 0 unspecified atom stereocenters. The summed E-state index contributed by atoms with van der Waals surface area (Å²) >= 11 is 0. The van der Waals surface area contributed by atoms with Crippen molar-refractivity contribution in [3.8, 4) is 0 Å². The van der Waals surface area contributed by atoms with Crippen LogP contribution in [0.5, 0.6) is 0 Å². The van der Waals surface area contributed by atoms with Gasteiger partial charge in [-0.1, -0.05) is 0 Å². The SMILES string of the molecule is c1cncc(NCc2ccoc2)c1. The molecule has 3 nitrogen and oxygen atoms in total. The Balaban J connectivity index is 1.94. The summed E-state index contributed by atoms with van der Waals surface area (Å²) in [5.74, 6) is 0. The molecule has 0 amide bonds. The largest absolute Gasteiger partial charge is 0.472 e. The maximum atomic E-state index is 4.95. The maximum absolute atomic E-state index is 4.95. The van der Waals surface area contributed by atoms with Crippen LogP contribution in [0.25, 0.3) is 0 Å². The molecule has 13 heavy (non-hydrogen) atoms. The molecule has 0 aliphatic carbocycles. The molecule has 0 aliphatic heterocycles. The fourth-order valence-corrected chi connectivity index (χ4v) is 1.06. The molecule has 0 aliphatic rings. The zero-order valence-corrected chi connectivity index (χ0v) is 7.10. The van der Waals surface area contributed by atoms with E-state index in [1.807, 2.05) is 18.2 Å². The zero-order valence-electron chi connectivity index (χ0n) is 7.10. The first-order chi connectivity index (χ1) is 6.45. The van der Waals surface area contributed by atoms with E-state index in [4.69, 9.17) is 4.42 Å². The number of nitrogens with one attached hydrogen (secondary N) is 1. The highest BCUT2D eigenvalue weighted by molar-refractivity contribution is 5.40. The van der Waals surface area contributed by atoms with Crippen molar-refractivity contribution in [3.63, 3.8) is 0 Å². The summed E-state index contributed by atoms with van der Waals surface area (Å²) in [6, 6.07) is 5.81. The van der Waals surface area contributed by atoms with Crippen LogP contribution in [0.1, 0.15) is 5.56 Å². The molecule has 66 valence electrons. The third kappa shape index (κ3) is 2.08. The van der Waals surface area contributed by atoms with E-state index in [9.17, 15) is 0 Å². The van der Waals surface area contributed by atoms with Crippen molar-refractivity contribution >= 4 is 5.69 Å². The van der Waals surface area contributed by atoms with Crippen molar-refractivity contribution in [2.45, 2.75) is 6.54 Å². The van der Waals surface area contributed by atoms with Crippen molar-refractivity contribution in [3.05, 3.63) is 48.7 Å². The van der Waals surface area contributed by atoms with Crippen LogP contribution in [0, 0.1) is 0 Å². The lowest BCUT2D eigenvalue weighted by Gasteiger charge is -2.02. The van der Waals surface area contributed by atoms with Gasteiger partial charge in [0.05, 0.1) is 18.2 Å². The monoisotopic (exact) mass is 174 g/mol. The van der Waals surface area contributed by atoms with Crippen LogP contribution in [0.15, 0.2) is 47.5 Å². The maximum Gasteiger partial charge on any atom is 0.0952 e. The Bertz CT molecular complexity index is 342. The number of hydrogen-bond donors (Lipinski definition) is 1. The van der Waals surface area contributed by atoms with Crippen LogP contribution >= 0.6 is 0 Å². The van der Waals surface area contributed by atoms with Crippen LogP contribution in [0.3, 0.4) is 0 Å². The number of hydrogen-bond acceptors (Lipinski definition) is 3. The number of rotatable bonds is 3. The predicted molar refractivity (Wildman–Crippen MR) is 50.3 cm³/mol. The van der Waals surface area contributed by atoms with E-state index in [-0.39, 0.29) is 0 Å². The molecule has 0 radical (unpaired) electrons. The van der Waals surface area contributed by atoms with E-state index in [1.54, 1.807) is 24.9 Å². The number of pyridine rings is 1. The van der Waals surface area contributed by atoms with E-state index >= 15 is 0 Å². The molecule has 0 saturated carbocycles. The van der Waals surface area contributed by atoms with Gasteiger partial charge in [0.15, 0.2) is 0 Å². The average molecular weight is 174 g/mol. The first-order valence-electron chi connectivity index (χ1n) is 4.10. The summed E-state index contributed by atoms with van der Waals surface area (Å²) in [7, 11) is 0. The van der Waals surface area contributed by atoms with Gasteiger partial charge in [-0.05, 0) is 18.2 Å². The van der Waals surface area contributed by atoms with Gasteiger partial charge in [0, 0.05) is 24.5 Å². The number of anilines is 1. The highest BCUT2D eigenvalue weighted by atomic mass is 16.3. The molecule has 0 spiro atoms. The van der Waals surface area contributed by atoms with Crippen molar-refractivity contribution < 1.29 is 4.42 Å². The minimum absolute atomic E-state index is 0.766. The van der Waals surface area contributed by atoms with Gasteiger partial charge in [0.25, 0.3) is 0 Å². The first-order valence-corrected chi connectivity index (χ1v) is 4.10. The van der Waals surface area contributed by atoms with Crippen molar-refractivity contribution in [1.29, 1.82) is 0 Å². The van der Waals surface area contributed by atoms with Crippen LogP contribution in [0.2, 0.25) is 0 Å². The molecule has 2 heterocycles. The van der Waals surface area contributed by atoms with Gasteiger partial charge in [0.2, 0.25) is 0 Å². The van der Waals surface area contributed by atoms with Gasteiger partial charge < -0.3 is 9.73 Å². The molecule has 0 atom stereocenters. The molecular weight excluding hydrogens is 164 g/mol. The quantitative estimate of drug-likeness (QED) is 0.775. The summed E-state index contributed by atoms with van der Waals surface area (Å²) in [6.07, 6.45) is 6.94. The van der Waals surface area contributed by atoms with Gasteiger partial charge in [-0.15, -0.1) is 0 Å². The molecule has 1 N–H and O–H groups in total. The fourth-order valence-electron chi connectivity index (χ4n) is 1.06. The highest BCUT2D eigenvalue weighted by Crippen LogP contribution is 2.06. The number of aromatic nitrogens is 1. The lowest BCUT2D eigenvalue weighted by Crippen LogP contribution is -1.97. The molecule has 0 saturated heterocycles. The first kappa shape index (κ1) is 7.86.